The lowest BCUT2D eigenvalue weighted by atomic mass is 9.85. The van der Waals surface area contributed by atoms with Gasteiger partial charge in [0, 0.05) is 6.54 Å². The summed E-state index contributed by atoms with van der Waals surface area (Å²) in [5.74, 6) is 1.62. The molecule has 1 atom stereocenters. The zero-order valence-corrected chi connectivity index (χ0v) is 11.6. The summed E-state index contributed by atoms with van der Waals surface area (Å²) in [6.07, 6.45) is 0.660. The van der Waals surface area contributed by atoms with E-state index in [1.165, 1.54) is 0 Å². The van der Waals surface area contributed by atoms with Crippen LogP contribution in [0.1, 0.15) is 48.0 Å². The minimum absolute atomic E-state index is 0.0405. The Morgan fingerprint density at radius 3 is 2.00 bits per heavy atom. The maximum absolute atomic E-state index is 11.8. The van der Waals surface area contributed by atoms with Gasteiger partial charge in [0.1, 0.15) is 0 Å². The third kappa shape index (κ3) is 4.52. The van der Waals surface area contributed by atoms with E-state index in [-0.39, 0.29) is 5.91 Å². The van der Waals surface area contributed by atoms with Crippen molar-refractivity contribution < 1.29 is 4.79 Å². The third-order valence-electron chi connectivity index (χ3n) is 3.46. The van der Waals surface area contributed by atoms with E-state index in [2.05, 4.69) is 33.0 Å². The minimum atomic E-state index is -0.738. The highest BCUT2D eigenvalue weighted by molar-refractivity contribution is 5.85. The van der Waals surface area contributed by atoms with Gasteiger partial charge in [-0.05, 0) is 31.1 Å². The summed E-state index contributed by atoms with van der Waals surface area (Å²) in [6.45, 7) is 13.2. The molecular formula is C13H28N2O. The Kier molecular flexibility index (Phi) is 6.01. The first-order chi connectivity index (χ1) is 7.22. The van der Waals surface area contributed by atoms with Crippen LogP contribution in [0.25, 0.3) is 0 Å². The molecule has 0 aromatic heterocycles. The van der Waals surface area contributed by atoms with Gasteiger partial charge in [-0.1, -0.05) is 34.6 Å². The van der Waals surface area contributed by atoms with Crippen LogP contribution in [0.3, 0.4) is 0 Å². The van der Waals surface area contributed by atoms with Crippen molar-refractivity contribution in [1.82, 2.24) is 5.32 Å². The number of nitrogens with two attached hydrogens (primary N) is 1. The van der Waals surface area contributed by atoms with Crippen LogP contribution in [0.4, 0.5) is 0 Å². The Hall–Kier alpha value is -0.570. The molecule has 96 valence electrons. The number of nitrogens with one attached hydrogen (secondary N) is 1. The Morgan fingerprint density at radius 1 is 1.25 bits per heavy atom. The minimum Gasteiger partial charge on any atom is -0.354 e. The molecule has 0 aliphatic heterocycles. The Bertz CT molecular complexity index is 214. The lowest BCUT2D eigenvalue weighted by molar-refractivity contribution is -0.126. The second-order valence-electron chi connectivity index (χ2n) is 5.63. The van der Waals surface area contributed by atoms with E-state index in [1.54, 1.807) is 6.92 Å². The first kappa shape index (κ1) is 15.4. The van der Waals surface area contributed by atoms with Crippen LogP contribution in [0.15, 0.2) is 0 Å². The second-order valence-corrected chi connectivity index (χ2v) is 5.63. The standard InChI is InChI=1S/C13H28N2O/c1-7-13(6,14)12(16)15-8-11(9(2)3)10(4)5/h9-11H,7-8,14H2,1-6H3,(H,15,16). The Labute approximate surface area is 100 Å². The molecule has 0 heterocycles. The molecule has 1 unspecified atom stereocenters. The van der Waals surface area contributed by atoms with E-state index in [4.69, 9.17) is 5.73 Å². The molecule has 0 aromatic rings. The van der Waals surface area contributed by atoms with Crippen LogP contribution < -0.4 is 11.1 Å². The quantitative estimate of drug-likeness (QED) is 0.732. The molecule has 0 bridgehead atoms. The first-order valence-electron chi connectivity index (χ1n) is 6.29. The molecule has 3 nitrogen and oxygen atoms in total. The van der Waals surface area contributed by atoms with E-state index in [1.807, 2.05) is 6.92 Å². The van der Waals surface area contributed by atoms with Gasteiger partial charge in [0.25, 0.3) is 0 Å². The Morgan fingerprint density at radius 2 is 1.69 bits per heavy atom. The van der Waals surface area contributed by atoms with E-state index in [0.717, 1.165) is 6.54 Å². The average molecular weight is 228 g/mol. The maximum Gasteiger partial charge on any atom is 0.239 e. The SMILES string of the molecule is CCC(C)(N)C(=O)NCC(C(C)C)C(C)C. The summed E-state index contributed by atoms with van der Waals surface area (Å²) in [7, 11) is 0. The molecule has 1 amide bonds. The molecule has 0 fully saturated rings. The van der Waals surface area contributed by atoms with Gasteiger partial charge >= 0.3 is 0 Å². The van der Waals surface area contributed by atoms with Gasteiger partial charge in [-0.3, -0.25) is 4.79 Å². The monoisotopic (exact) mass is 228 g/mol. The summed E-state index contributed by atoms with van der Waals surface area (Å²) in [5, 5.41) is 2.97. The van der Waals surface area contributed by atoms with Gasteiger partial charge < -0.3 is 11.1 Å². The molecule has 0 saturated heterocycles. The number of hydrogen-bond donors (Lipinski definition) is 2. The Balaban J connectivity index is 4.27. The summed E-state index contributed by atoms with van der Waals surface area (Å²) in [4.78, 5) is 11.8. The predicted octanol–water partition coefficient (Wildman–Crippen LogP) is 2.16. The summed E-state index contributed by atoms with van der Waals surface area (Å²) in [6, 6.07) is 0. The van der Waals surface area contributed by atoms with E-state index in [9.17, 15) is 4.79 Å². The van der Waals surface area contributed by atoms with E-state index in [0.29, 0.717) is 24.2 Å². The highest BCUT2D eigenvalue weighted by Crippen LogP contribution is 2.19. The van der Waals surface area contributed by atoms with Crippen molar-refractivity contribution >= 4 is 5.91 Å². The van der Waals surface area contributed by atoms with Crippen molar-refractivity contribution in [1.29, 1.82) is 0 Å². The smallest absolute Gasteiger partial charge is 0.239 e. The maximum atomic E-state index is 11.8. The van der Waals surface area contributed by atoms with Crippen LogP contribution in [-0.2, 0) is 4.79 Å². The molecule has 0 saturated carbocycles. The topological polar surface area (TPSA) is 55.1 Å². The highest BCUT2D eigenvalue weighted by atomic mass is 16.2. The first-order valence-corrected chi connectivity index (χ1v) is 6.29. The number of carbonyl (C=O) groups excluding carboxylic acids is 1. The number of hydrogen-bond acceptors (Lipinski definition) is 2. The van der Waals surface area contributed by atoms with Crippen LogP contribution in [-0.4, -0.2) is 18.0 Å². The van der Waals surface area contributed by atoms with Crippen molar-refractivity contribution in [2.45, 2.75) is 53.5 Å². The normalized spacial score (nSPS) is 15.6. The lowest BCUT2D eigenvalue weighted by Gasteiger charge is -2.28. The van der Waals surface area contributed by atoms with Crippen molar-refractivity contribution in [3.63, 3.8) is 0 Å². The molecule has 0 aliphatic rings. The second kappa shape index (κ2) is 6.24. The lowest BCUT2D eigenvalue weighted by Crippen LogP contribution is -2.52. The van der Waals surface area contributed by atoms with Crippen molar-refractivity contribution in [3.8, 4) is 0 Å². The fourth-order valence-electron chi connectivity index (χ4n) is 1.81. The molecular weight excluding hydrogens is 200 g/mol. The molecule has 0 aromatic carbocycles. The molecule has 0 aliphatic carbocycles. The molecule has 0 radical (unpaired) electrons. The number of carbonyl (C=O) groups is 1. The van der Waals surface area contributed by atoms with Gasteiger partial charge in [-0.25, -0.2) is 0 Å². The summed E-state index contributed by atoms with van der Waals surface area (Å²) < 4.78 is 0. The van der Waals surface area contributed by atoms with Gasteiger partial charge in [-0.15, -0.1) is 0 Å². The van der Waals surface area contributed by atoms with E-state index >= 15 is 0 Å². The van der Waals surface area contributed by atoms with E-state index < -0.39 is 5.54 Å². The van der Waals surface area contributed by atoms with Crippen LogP contribution in [0, 0.1) is 17.8 Å². The van der Waals surface area contributed by atoms with Crippen LogP contribution in [0.5, 0.6) is 0 Å². The molecule has 0 rings (SSSR count). The summed E-state index contributed by atoms with van der Waals surface area (Å²) in [5.41, 5.74) is 5.15. The van der Waals surface area contributed by atoms with Crippen LogP contribution >= 0.6 is 0 Å². The highest BCUT2D eigenvalue weighted by Gasteiger charge is 2.27. The van der Waals surface area contributed by atoms with Crippen LogP contribution in [0.2, 0.25) is 0 Å². The zero-order chi connectivity index (χ0) is 12.9. The molecule has 16 heavy (non-hydrogen) atoms. The van der Waals surface area contributed by atoms with Gasteiger partial charge in [-0.2, -0.15) is 0 Å². The average Bonchev–Trinajstić information content (AvgIpc) is 2.16. The van der Waals surface area contributed by atoms with Crippen molar-refractivity contribution in [2.24, 2.45) is 23.5 Å². The zero-order valence-electron chi connectivity index (χ0n) is 11.6. The largest absolute Gasteiger partial charge is 0.354 e. The number of amides is 1. The molecule has 3 N–H and O–H groups in total. The van der Waals surface area contributed by atoms with Gasteiger partial charge in [0.2, 0.25) is 5.91 Å². The number of rotatable bonds is 6. The molecule has 0 spiro atoms. The third-order valence-corrected chi connectivity index (χ3v) is 3.46. The van der Waals surface area contributed by atoms with Crippen molar-refractivity contribution in [3.05, 3.63) is 0 Å². The molecule has 3 heteroatoms. The van der Waals surface area contributed by atoms with Crippen molar-refractivity contribution in [2.75, 3.05) is 6.54 Å². The van der Waals surface area contributed by atoms with Gasteiger partial charge in [0.05, 0.1) is 5.54 Å². The predicted molar refractivity (Wildman–Crippen MR) is 69.1 cm³/mol. The summed E-state index contributed by atoms with van der Waals surface area (Å²) >= 11 is 0. The fraction of sp³-hybridized carbons (Fsp3) is 0.923. The fourth-order valence-corrected chi connectivity index (χ4v) is 1.81. The van der Waals surface area contributed by atoms with Gasteiger partial charge in [0.15, 0.2) is 0 Å².